The molecular formula is C20H15NO2S2. The number of nitrogens with zero attached hydrogens (tertiary/aromatic N) is 1. The first-order chi connectivity index (χ1) is 12.0. The minimum absolute atomic E-state index is 0.130. The van der Waals surface area contributed by atoms with Crippen molar-refractivity contribution in [3.05, 3.63) is 81.4 Å². The van der Waals surface area contributed by atoms with Crippen LogP contribution in [-0.2, 0) is 9.84 Å². The molecule has 3 aromatic rings. The third-order valence-electron chi connectivity index (χ3n) is 3.73. The molecule has 0 spiro atoms. The summed E-state index contributed by atoms with van der Waals surface area (Å²) in [5.41, 5.74) is 3.02. The average Bonchev–Trinajstić information content (AvgIpc) is 3.09. The standard InChI is InChI=1S/C20H15NO2S2/c1-15-7-9-19(10-8-15)25(22,23)20(13-21)12-18-11-17(14-24-18)16-5-3-2-4-6-16/h2-12,14H,1H3. The van der Waals surface area contributed by atoms with E-state index in [4.69, 9.17) is 0 Å². The molecule has 0 unspecified atom stereocenters. The van der Waals surface area contributed by atoms with Crippen molar-refractivity contribution >= 4 is 27.3 Å². The van der Waals surface area contributed by atoms with Crippen molar-refractivity contribution in [1.82, 2.24) is 0 Å². The molecule has 0 fully saturated rings. The Morgan fingerprint density at radius 1 is 1.04 bits per heavy atom. The first-order valence-electron chi connectivity index (χ1n) is 7.58. The molecule has 0 radical (unpaired) electrons. The number of allylic oxidation sites excluding steroid dienone is 1. The van der Waals surface area contributed by atoms with E-state index in [-0.39, 0.29) is 9.80 Å². The van der Waals surface area contributed by atoms with Gasteiger partial charge in [-0.2, -0.15) is 5.26 Å². The number of hydrogen-bond acceptors (Lipinski definition) is 4. The molecule has 1 aromatic heterocycles. The van der Waals surface area contributed by atoms with Gasteiger partial charge < -0.3 is 0 Å². The smallest absolute Gasteiger partial charge is 0.216 e. The third-order valence-corrected chi connectivity index (χ3v) is 6.29. The zero-order chi connectivity index (χ0) is 17.9. The van der Waals surface area contributed by atoms with Crippen LogP contribution in [0, 0.1) is 18.3 Å². The third kappa shape index (κ3) is 3.71. The molecule has 1 heterocycles. The summed E-state index contributed by atoms with van der Waals surface area (Å²) in [6.07, 6.45) is 1.44. The van der Waals surface area contributed by atoms with Crippen LogP contribution >= 0.6 is 11.3 Å². The van der Waals surface area contributed by atoms with Crippen LogP contribution in [0.3, 0.4) is 0 Å². The number of benzene rings is 2. The van der Waals surface area contributed by atoms with E-state index in [0.717, 1.165) is 21.6 Å². The highest BCUT2D eigenvalue weighted by Gasteiger charge is 2.21. The van der Waals surface area contributed by atoms with Gasteiger partial charge in [-0.1, -0.05) is 48.0 Å². The van der Waals surface area contributed by atoms with Crippen molar-refractivity contribution in [2.24, 2.45) is 0 Å². The van der Waals surface area contributed by atoms with Gasteiger partial charge in [-0.15, -0.1) is 11.3 Å². The van der Waals surface area contributed by atoms with E-state index in [0.29, 0.717) is 0 Å². The molecule has 0 aliphatic carbocycles. The normalized spacial score (nSPS) is 11.9. The van der Waals surface area contributed by atoms with Gasteiger partial charge >= 0.3 is 0 Å². The maximum Gasteiger partial charge on any atom is 0.216 e. The lowest BCUT2D eigenvalue weighted by molar-refractivity contribution is 0.603. The van der Waals surface area contributed by atoms with Crippen LogP contribution in [0.1, 0.15) is 10.4 Å². The molecule has 0 bridgehead atoms. The Morgan fingerprint density at radius 2 is 1.72 bits per heavy atom. The molecule has 25 heavy (non-hydrogen) atoms. The highest BCUT2D eigenvalue weighted by molar-refractivity contribution is 7.95. The highest BCUT2D eigenvalue weighted by atomic mass is 32.2. The van der Waals surface area contributed by atoms with Crippen LogP contribution in [-0.4, -0.2) is 8.42 Å². The first-order valence-corrected chi connectivity index (χ1v) is 9.94. The van der Waals surface area contributed by atoms with Crippen molar-refractivity contribution in [3.8, 4) is 17.2 Å². The van der Waals surface area contributed by atoms with Gasteiger partial charge in [-0.25, -0.2) is 8.42 Å². The summed E-state index contributed by atoms with van der Waals surface area (Å²) in [6, 6.07) is 20.0. The van der Waals surface area contributed by atoms with E-state index >= 15 is 0 Å². The van der Waals surface area contributed by atoms with E-state index in [1.165, 1.54) is 29.5 Å². The maximum absolute atomic E-state index is 12.7. The minimum Gasteiger partial charge on any atom is -0.218 e. The van der Waals surface area contributed by atoms with Crippen molar-refractivity contribution in [3.63, 3.8) is 0 Å². The number of hydrogen-bond donors (Lipinski definition) is 0. The summed E-state index contributed by atoms with van der Waals surface area (Å²) in [6.45, 7) is 1.88. The minimum atomic E-state index is -3.81. The molecular weight excluding hydrogens is 350 g/mol. The van der Waals surface area contributed by atoms with E-state index < -0.39 is 9.84 Å². The fourth-order valence-corrected chi connectivity index (χ4v) is 4.43. The quantitative estimate of drug-likeness (QED) is 0.607. The Labute approximate surface area is 151 Å². The molecule has 0 saturated carbocycles. The zero-order valence-corrected chi connectivity index (χ0v) is 15.1. The Bertz CT molecular complexity index is 1050. The van der Waals surface area contributed by atoms with Crippen LogP contribution in [0.25, 0.3) is 17.2 Å². The lowest BCUT2D eigenvalue weighted by Crippen LogP contribution is -2.03. The molecule has 0 aliphatic heterocycles. The second-order valence-corrected chi connectivity index (χ2v) is 8.40. The predicted molar refractivity (Wildman–Crippen MR) is 102 cm³/mol. The molecule has 3 nitrogen and oxygen atoms in total. The van der Waals surface area contributed by atoms with E-state index in [2.05, 4.69) is 0 Å². The van der Waals surface area contributed by atoms with E-state index in [1.54, 1.807) is 12.1 Å². The summed E-state index contributed by atoms with van der Waals surface area (Å²) < 4.78 is 25.3. The highest BCUT2D eigenvalue weighted by Crippen LogP contribution is 2.29. The Kier molecular flexibility index (Phi) is 4.84. The molecule has 124 valence electrons. The Hall–Kier alpha value is -2.68. The van der Waals surface area contributed by atoms with Gasteiger partial charge in [0.15, 0.2) is 4.91 Å². The fraction of sp³-hybridized carbons (Fsp3) is 0.0500. The summed E-state index contributed by atoms with van der Waals surface area (Å²) in [4.78, 5) is 0.606. The summed E-state index contributed by atoms with van der Waals surface area (Å²) in [7, 11) is -3.81. The SMILES string of the molecule is Cc1ccc(S(=O)(=O)C(C#N)=Cc2cc(-c3ccccc3)cs2)cc1. The lowest BCUT2D eigenvalue weighted by atomic mass is 10.1. The predicted octanol–water partition coefficient (Wildman–Crippen LogP) is 5.06. The second kappa shape index (κ2) is 7.06. The molecule has 0 atom stereocenters. The lowest BCUT2D eigenvalue weighted by Gasteiger charge is -2.03. The number of rotatable bonds is 4. The van der Waals surface area contributed by atoms with Crippen molar-refractivity contribution in [2.45, 2.75) is 11.8 Å². The second-order valence-electron chi connectivity index (χ2n) is 5.54. The van der Waals surface area contributed by atoms with Crippen molar-refractivity contribution < 1.29 is 8.42 Å². The van der Waals surface area contributed by atoms with Crippen molar-refractivity contribution in [2.75, 3.05) is 0 Å². The molecule has 0 N–H and O–H groups in total. The van der Waals surface area contributed by atoms with Crippen molar-refractivity contribution in [1.29, 1.82) is 5.26 Å². The van der Waals surface area contributed by atoms with Gasteiger partial charge in [0.25, 0.3) is 0 Å². The zero-order valence-electron chi connectivity index (χ0n) is 13.5. The monoisotopic (exact) mass is 365 g/mol. The van der Waals surface area contributed by atoms with Gasteiger partial charge in [0.1, 0.15) is 6.07 Å². The van der Waals surface area contributed by atoms with Gasteiger partial charge in [0, 0.05) is 4.88 Å². The van der Waals surface area contributed by atoms with E-state index in [9.17, 15) is 13.7 Å². The molecule has 0 saturated heterocycles. The molecule has 5 heteroatoms. The molecule has 0 amide bonds. The van der Waals surface area contributed by atoms with Crippen LogP contribution in [0.2, 0.25) is 0 Å². The maximum atomic E-state index is 12.7. The van der Waals surface area contributed by atoms with Gasteiger partial charge in [-0.3, -0.25) is 0 Å². The number of thiophene rings is 1. The summed E-state index contributed by atoms with van der Waals surface area (Å²) in [5, 5.41) is 11.3. The molecule has 2 aromatic carbocycles. The first kappa shape index (κ1) is 17.2. The Morgan fingerprint density at radius 3 is 2.36 bits per heavy atom. The topological polar surface area (TPSA) is 57.9 Å². The number of nitriles is 1. The fourth-order valence-electron chi connectivity index (χ4n) is 2.35. The van der Waals surface area contributed by atoms with Crippen LogP contribution in [0.15, 0.2) is 75.8 Å². The largest absolute Gasteiger partial charge is 0.218 e. The molecule has 3 rings (SSSR count). The van der Waals surface area contributed by atoms with Gasteiger partial charge in [-0.05, 0) is 47.7 Å². The number of sulfone groups is 1. The Balaban J connectivity index is 1.97. The van der Waals surface area contributed by atoms with Gasteiger partial charge in [0.2, 0.25) is 9.84 Å². The number of aryl methyl sites for hydroxylation is 1. The summed E-state index contributed by atoms with van der Waals surface area (Å²) in [5.74, 6) is 0. The van der Waals surface area contributed by atoms with Crippen LogP contribution < -0.4 is 0 Å². The molecule has 0 aliphatic rings. The van der Waals surface area contributed by atoms with Crippen LogP contribution in [0.4, 0.5) is 0 Å². The summed E-state index contributed by atoms with van der Waals surface area (Å²) >= 11 is 1.41. The van der Waals surface area contributed by atoms with E-state index in [1.807, 2.05) is 54.8 Å². The average molecular weight is 365 g/mol. The van der Waals surface area contributed by atoms with Crippen LogP contribution in [0.5, 0.6) is 0 Å². The van der Waals surface area contributed by atoms with Gasteiger partial charge in [0.05, 0.1) is 4.90 Å².